The highest BCUT2D eigenvalue weighted by atomic mass is 35.5. The van der Waals surface area contributed by atoms with Crippen LogP contribution in [0.25, 0.3) is 0 Å². The number of methoxy groups -OCH3 is 1. The number of anilines is 1. The van der Waals surface area contributed by atoms with E-state index in [0.717, 1.165) is 5.56 Å². The van der Waals surface area contributed by atoms with Crippen LogP contribution in [0.15, 0.2) is 52.3 Å². The Hall–Kier alpha value is -1.93. The number of nitrogens with one attached hydrogen (secondary N) is 1. The summed E-state index contributed by atoms with van der Waals surface area (Å²) in [4.78, 5) is 11.8. The van der Waals surface area contributed by atoms with Gasteiger partial charge in [0.1, 0.15) is 0 Å². The Morgan fingerprint density at radius 2 is 1.86 bits per heavy atom. The summed E-state index contributed by atoms with van der Waals surface area (Å²) >= 11 is 6.21. The van der Waals surface area contributed by atoms with Crippen LogP contribution < -0.4 is 5.32 Å². The van der Waals surface area contributed by atoms with Gasteiger partial charge in [-0.05, 0) is 35.9 Å². The molecule has 156 valence electrons. The molecule has 3 rings (SSSR count). The first-order chi connectivity index (χ1) is 13.8. The average molecular weight is 438 g/mol. The Bertz CT molecular complexity index is 1000. The van der Waals surface area contributed by atoms with Crippen LogP contribution in [0, 0.1) is 0 Å². The van der Waals surface area contributed by atoms with Crippen molar-refractivity contribution < 1.29 is 22.7 Å². The van der Waals surface area contributed by atoms with E-state index in [2.05, 4.69) is 5.32 Å². The second kappa shape index (κ2) is 8.83. The molecule has 0 aliphatic carbocycles. The lowest BCUT2D eigenvalue weighted by Crippen LogP contribution is -2.35. The molecule has 29 heavy (non-hydrogen) atoms. The number of benzene rings is 2. The van der Waals surface area contributed by atoms with Crippen molar-refractivity contribution in [2.45, 2.75) is 41.6 Å². The van der Waals surface area contributed by atoms with Gasteiger partial charge in [0, 0.05) is 39.6 Å². The molecule has 1 aliphatic heterocycles. The minimum absolute atomic E-state index is 0.0626. The van der Waals surface area contributed by atoms with Crippen molar-refractivity contribution in [1.82, 2.24) is 0 Å². The maximum absolute atomic E-state index is 13.2. The molecule has 8 heteroatoms. The van der Waals surface area contributed by atoms with Gasteiger partial charge in [0.25, 0.3) is 0 Å². The zero-order valence-electron chi connectivity index (χ0n) is 16.4. The van der Waals surface area contributed by atoms with E-state index < -0.39 is 15.4 Å². The van der Waals surface area contributed by atoms with Gasteiger partial charge in [0.2, 0.25) is 15.7 Å². The zero-order chi connectivity index (χ0) is 21.1. The van der Waals surface area contributed by atoms with Gasteiger partial charge >= 0.3 is 0 Å². The third-order valence-electron chi connectivity index (χ3n) is 5.21. The molecule has 6 nitrogen and oxygen atoms in total. The lowest BCUT2D eigenvalue weighted by atomic mass is 9.86. The number of hydrogen-bond donors (Lipinski definition) is 1. The quantitative estimate of drug-likeness (QED) is 0.733. The second-order valence-corrected chi connectivity index (χ2v) is 9.24. The number of amides is 1. The summed E-state index contributed by atoms with van der Waals surface area (Å²) in [5.74, 6) is -0.198. The van der Waals surface area contributed by atoms with Crippen LogP contribution in [0.4, 0.5) is 5.69 Å². The summed E-state index contributed by atoms with van der Waals surface area (Å²) in [7, 11) is -2.16. The summed E-state index contributed by atoms with van der Waals surface area (Å²) in [6.45, 7) is 2.84. The van der Waals surface area contributed by atoms with Gasteiger partial charge in [0.05, 0.1) is 26.1 Å². The predicted molar refractivity (Wildman–Crippen MR) is 111 cm³/mol. The van der Waals surface area contributed by atoms with Crippen LogP contribution in [-0.2, 0) is 29.7 Å². The van der Waals surface area contributed by atoms with Crippen LogP contribution in [0.1, 0.15) is 31.7 Å². The van der Waals surface area contributed by atoms with Gasteiger partial charge in [-0.1, -0.05) is 30.7 Å². The molecule has 0 saturated carbocycles. The van der Waals surface area contributed by atoms with Crippen LogP contribution in [0.2, 0.25) is 5.02 Å². The van der Waals surface area contributed by atoms with Crippen molar-refractivity contribution in [1.29, 1.82) is 0 Å². The number of carbonyl (C=O) groups is 1. The van der Waals surface area contributed by atoms with Crippen LogP contribution >= 0.6 is 11.6 Å². The lowest BCUT2D eigenvalue weighted by molar-refractivity contribution is -0.115. The smallest absolute Gasteiger partial charge is 0.224 e. The highest BCUT2D eigenvalue weighted by molar-refractivity contribution is 7.91. The fourth-order valence-corrected chi connectivity index (χ4v) is 5.02. The lowest BCUT2D eigenvalue weighted by Gasteiger charge is -2.36. The molecular formula is C21H24ClNO5S. The first-order valence-corrected chi connectivity index (χ1v) is 11.3. The molecule has 0 bridgehead atoms. The Morgan fingerprint density at radius 3 is 2.48 bits per heavy atom. The molecule has 1 aliphatic rings. The molecule has 0 spiro atoms. The van der Waals surface area contributed by atoms with E-state index in [1.807, 2.05) is 6.07 Å². The first-order valence-electron chi connectivity index (χ1n) is 9.40. The van der Waals surface area contributed by atoms with Gasteiger partial charge in [-0.3, -0.25) is 4.79 Å². The van der Waals surface area contributed by atoms with Gasteiger partial charge in [-0.25, -0.2) is 8.42 Å². The molecule has 1 heterocycles. The largest absolute Gasteiger partial charge is 0.381 e. The third kappa shape index (κ3) is 4.48. The molecule has 0 unspecified atom stereocenters. The van der Waals surface area contributed by atoms with Crippen molar-refractivity contribution in [3.05, 3.63) is 53.1 Å². The summed E-state index contributed by atoms with van der Waals surface area (Å²) < 4.78 is 37.6. The predicted octanol–water partition coefficient (Wildman–Crippen LogP) is 4.17. The summed E-state index contributed by atoms with van der Waals surface area (Å²) in [5.41, 5.74) is 0.629. The maximum Gasteiger partial charge on any atom is 0.224 e. The fraction of sp³-hybridized carbons (Fsp3) is 0.381. The van der Waals surface area contributed by atoms with Crippen molar-refractivity contribution >= 4 is 33.0 Å². The zero-order valence-corrected chi connectivity index (χ0v) is 18.0. The van der Waals surface area contributed by atoms with E-state index in [4.69, 9.17) is 21.1 Å². The molecule has 0 atom stereocenters. The van der Waals surface area contributed by atoms with Crippen molar-refractivity contribution in [2.24, 2.45) is 0 Å². The van der Waals surface area contributed by atoms with Crippen LogP contribution in [0.5, 0.6) is 0 Å². The van der Waals surface area contributed by atoms with Gasteiger partial charge in [-0.2, -0.15) is 0 Å². The Morgan fingerprint density at radius 1 is 1.17 bits per heavy atom. The fourth-order valence-electron chi connectivity index (χ4n) is 3.40. The number of halogens is 1. The average Bonchev–Trinajstić information content (AvgIpc) is 2.75. The molecule has 1 N–H and O–H groups in total. The SMILES string of the molecule is CCC(=O)Nc1ccc(S(=O)(=O)c2cccc(C3(OC)CCOCC3)c2)cc1Cl. The summed E-state index contributed by atoms with van der Waals surface area (Å²) in [5, 5.41) is 2.82. The van der Waals surface area contributed by atoms with Gasteiger partial charge in [-0.15, -0.1) is 0 Å². The second-order valence-electron chi connectivity index (χ2n) is 6.89. The number of rotatable bonds is 6. The van der Waals surface area contributed by atoms with E-state index in [-0.39, 0.29) is 20.7 Å². The molecule has 2 aromatic rings. The normalized spacial score (nSPS) is 16.4. The highest BCUT2D eigenvalue weighted by Crippen LogP contribution is 2.37. The molecule has 0 aromatic heterocycles. The Labute approximate surface area is 176 Å². The highest BCUT2D eigenvalue weighted by Gasteiger charge is 2.35. The molecule has 1 fully saturated rings. The third-order valence-corrected chi connectivity index (χ3v) is 7.27. The van der Waals surface area contributed by atoms with E-state index in [9.17, 15) is 13.2 Å². The van der Waals surface area contributed by atoms with Crippen molar-refractivity contribution in [3.63, 3.8) is 0 Å². The van der Waals surface area contributed by atoms with Gasteiger partial charge in [0.15, 0.2) is 0 Å². The Kier molecular flexibility index (Phi) is 6.63. The summed E-state index contributed by atoms with van der Waals surface area (Å²) in [6.07, 6.45) is 1.62. The number of ether oxygens (including phenoxy) is 2. The molecule has 0 radical (unpaired) electrons. The monoisotopic (exact) mass is 437 g/mol. The van der Waals surface area contributed by atoms with E-state index in [0.29, 0.717) is 38.2 Å². The van der Waals surface area contributed by atoms with Crippen LogP contribution in [0.3, 0.4) is 0 Å². The van der Waals surface area contributed by atoms with Gasteiger partial charge < -0.3 is 14.8 Å². The Balaban J connectivity index is 1.96. The number of carbonyl (C=O) groups excluding carboxylic acids is 1. The molecule has 2 aromatic carbocycles. The molecule has 1 saturated heterocycles. The number of sulfone groups is 1. The van der Waals surface area contributed by atoms with Crippen molar-refractivity contribution in [3.8, 4) is 0 Å². The van der Waals surface area contributed by atoms with E-state index in [1.54, 1.807) is 32.2 Å². The topological polar surface area (TPSA) is 81.7 Å². The minimum Gasteiger partial charge on any atom is -0.381 e. The first kappa shape index (κ1) is 21.8. The molecule has 1 amide bonds. The maximum atomic E-state index is 13.2. The summed E-state index contributed by atoms with van der Waals surface area (Å²) in [6, 6.07) is 11.1. The molecular weight excluding hydrogens is 414 g/mol. The van der Waals surface area contributed by atoms with E-state index in [1.165, 1.54) is 18.2 Å². The van der Waals surface area contributed by atoms with Crippen LogP contribution in [-0.4, -0.2) is 34.6 Å². The standard InChI is InChI=1S/C21H24ClNO5S/c1-3-20(24)23-19-8-7-17(14-18(19)22)29(25,26)16-6-4-5-15(13-16)21(27-2)9-11-28-12-10-21/h4-8,13-14H,3,9-12H2,1-2H3,(H,23,24). The minimum atomic E-state index is -3.79. The van der Waals surface area contributed by atoms with E-state index >= 15 is 0 Å². The van der Waals surface area contributed by atoms with Crippen molar-refractivity contribution in [2.75, 3.05) is 25.6 Å². The number of hydrogen-bond acceptors (Lipinski definition) is 5.